The van der Waals surface area contributed by atoms with Crippen LogP contribution in [0.1, 0.15) is 27.2 Å². The molecule has 0 aliphatic carbocycles. The first-order valence-electron chi connectivity index (χ1n) is 8.69. The topological polar surface area (TPSA) is 76.1 Å². The highest BCUT2D eigenvalue weighted by Crippen LogP contribution is 2.29. The number of methoxy groups -OCH3 is 1. The summed E-state index contributed by atoms with van der Waals surface area (Å²) in [7, 11) is 1.55. The van der Waals surface area contributed by atoms with E-state index in [1.54, 1.807) is 13.2 Å². The molecule has 144 valence electrons. The van der Waals surface area contributed by atoms with Gasteiger partial charge in [0.05, 0.1) is 35.9 Å². The van der Waals surface area contributed by atoms with E-state index in [4.69, 9.17) is 16.3 Å². The number of aromatic nitrogens is 2. The number of anilines is 3. The maximum atomic E-state index is 12.5. The summed E-state index contributed by atoms with van der Waals surface area (Å²) in [6.45, 7) is 5.89. The third-order valence-corrected chi connectivity index (χ3v) is 4.47. The first-order chi connectivity index (χ1) is 13.4. The number of benzene rings is 2. The van der Waals surface area contributed by atoms with Crippen LogP contribution >= 0.6 is 11.6 Å². The highest BCUT2D eigenvalue weighted by Gasteiger charge is 2.13. The van der Waals surface area contributed by atoms with E-state index in [0.29, 0.717) is 22.3 Å². The van der Waals surface area contributed by atoms with Gasteiger partial charge >= 0.3 is 0 Å². The summed E-state index contributed by atoms with van der Waals surface area (Å²) in [5, 5.41) is 6.56. The van der Waals surface area contributed by atoms with Crippen LogP contribution in [0.15, 0.2) is 42.7 Å². The van der Waals surface area contributed by atoms with Crippen molar-refractivity contribution in [2.75, 3.05) is 17.7 Å². The Hall–Kier alpha value is -3.12. The van der Waals surface area contributed by atoms with Crippen molar-refractivity contribution in [3.8, 4) is 5.75 Å². The van der Waals surface area contributed by atoms with E-state index in [1.165, 1.54) is 12.4 Å². The maximum Gasteiger partial charge on any atom is 0.275 e. The SMILES string of the molecule is COc1ccc(C)cc1NC(=O)c1cnc(Nc2c(C)cc(C)cc2Cl)cn1. The Morgan fingerprint density at radius 3 is 2.46 bits per heavy atom. The van der Waals surface area contributed by atoms with E-state index in [2.05, 4.69) is 20.6 Å². The number of nitrogens with zero attached hydrogens (tertiary/aromatic N) is 2. The fraction of sp³-hybridized carbons (Fsp3) is 0.190. The number of carbonyl (C=O) groups excluding carboxylic acids is 1. The minimum absolute atomic E-state index is 0.195. The second-order valence-corrected chi connectivity index (χ2v) is 6.92. The third kappa shape index (κ3) is 4.40. The minimum Gasteiger partial charge on any atom is -0.495 e. The standard InChI is InChI=1S/C21H21ClN4O2/c1-12-5-6-18(28-4)16(9-12)25-21(27)17-10-24-19(11-23-17)26-20-14(3)7-13(2)8-15(20)22/h5-11H,1-4H3,(H,24,26)(H,25,27). The van der Waals surface area contributed by atoms with Gasteiger partial charge in [-0.15, -0.1) is 0 Å². The zero-order valence-corrected chi connectivity index (χ0v) is 16.9. The number of carbonyl (C=O) groups is 1. The predicted octanol–water partition coefficient (Wildman–Crippen LogP) is 5.06. The van der Waals surface area contributed by atoms with Crippen LogP contribution in [0.5, 0.6) is 5.75 Å². The first-order valence-corrected chi connectivity index (χ1v) is 9.07. The molecule has 2 aromatic carbocycles. The lowest BCUT2D eigenvalue weighted by molar-refractivity contribution is 0.102. The van der Waals surface area contributed by atoms with Gasteiger partial charge in [0, 0.05) is 0 Å². The fourth-order valence-electron chi connectivity index (χ4n) is 2.82. The average molecular weight is 397 g/mol. The van der Waals surface area contributed by atoms with E-state index in [-0.39, 0.29) is 11.6 Å². The average Bonchev–Trinajstić information content (AvgIpc) is 2.65. The van der Waals surface area contributed by atoms with Crippen LogP contribution in [0.3, 0.4) is 0 Å². The summed E-state index contributed by atoms with van der Waals surface area (Å²) in [4.78, 5) is 21.0. The molecule has 0 radical (unpaired) electrons. The molecular weight excluding hydrogens is 376 g/mol. The smallest absolute Gasteiger partial charge is 0.275 e. The molecule has 1 aromatic heterocycles. The summed E-state index contributed by atoms with van der Waals surface area (Å²) < 4.78 is 5.28. The van der Waals surface area contributed by atoms with E-state index in [1.807, 2.05) is 45.0 Å². The highest BCUT2D eigenvalue weighted by molar-refractivity contribution is 6.33. The molecule has 0 fully saturated rings. The molecule has 3 rings (SSSR count). The zero-order valence-electron chi connectivity index (χ0n) is 16.1. The lowest BCUT2D eigenvalue weighted by Crippen LogP contribution is -2.15. The van der Waals surface area contributed by atoms with Crippen LogP contribution in [0.4, 0.5) is 17.2 Å². The Bertz CT molecular complexity index is 996. The van der Waals surface area contributed by atoms with Crippen molar-refractivity contribution in [3.05, 3.63) is 70.1 Å². The van der Waals surface area contributed by atoms with Gasteiger partial charge in [0.25, 0.3) is 5.91 Å². The maximum absolute atomic E-state index is 12.5. The van der Waals surface area contributed by atoms with Gasteiger partial charge in [0.15, 0.2) is 0 Å². The molecule has 1 heterocycles. The molecule has 3 aromatic rings. The molecule has 0 bridgehead atoms. The van der Waals surface area contributed by atoms with Crippen molar-refractivity contribution in [2.45, 2.75) is 20.8 Å². The van der Waals surface area contributed by atoms with E-state index < -0.39 is 0 Å². The number of ether oxygens (including phenoxy) is 1. The van der Waals surface area contributed by atoms with Crippen LogP contribution in [0.2, 0.25) is 5.02 Å². The number of aryl methyl sites for hydroxylation is 3. The van der Waals surface area contributed by atoms with Crippen LogP contribution in [-0.2, 0) is 0 Å². The normalized spacial score (nSPS) is 10.5. The Morgan fingerprint density at radius 1 is 1.04 bits per heavy atom. The van der Waals surface area contributed by atoms with E-state index in [9.17, 15) is 4.79 Å². The van der Waals surface area contributed by atoms with Gasteiger partial charge in [0.1, 0.15) is 17.3 Å². The number of hydrogen-bond donors (Lipinski definition) is 2. The molecule has 0 saturated carbocycles. The van der Waals surface area contributed by atoms with Gasteiger partial charge < -0.3 is 15.4 Å². The molecule has 6 nitrogen and oxygen atoms in total. The number of amides is 1. The van der Waals surface area contributed by atoms with Crippen LogP contribution in [0.25, 0.3) is 0 Å². The van der Waals surface area contributed by atoms with Crippen molar-refractivity contribution in [2.24, 2.45) is 0 Å². The van der Waals surface area contributed by atoms with Gasteiger partial charge in [-0.3, -0.25) is 4.79 Å². The molecule has 0 spiro atoms. The van der Waals surface area contributed by atoms with Crippen LogP contribution < -0.4 is 15.4 Å². The molecule has 1 amide bonds. The molecule has 0 saturated heterocycles. The lowest BCUT2D eigenvalue weighted by atomic mass is 10.1. The van der Waals surface area contributed by atoms with Gasteiger partial charge in [-0.2, -0.15) is 0 Å². The number of hydrogen-bond acceptors (Lipinski definition) is 5. The Balaban J connectivity index is 1.76. The summed E-state index contributed by atoms with van der Waals surface area (Å²) in [6, 6.07) is 9.45. The van der Waals surface area contributed by atoms with E-state index >= 15 is 0 Å². The molecule has 0 unspecified atom stereocenters. The highest BCUT2D eigenvalue weighted by atomic mass is 35.5. The Kier molecular flexibility index (Phi) is 5.80. The molecule has 0 atom stereocenters. The van der Waals surface area contributed by atoms with Gasteiger partial charge in [0.2, 0.25) is 0 Å². The summed E-state index contributed by atoms with van der Waals surface area (Å²) in [5.41, 5.74) is 4.63. The Morgan fingerprint density at radius 2 is 1.82 bits per heavy atom. The quantitative estimate of drug-likeness (QED) is 0.630. The number of nitrogens with one attached hydrogen (secondary N) is 2. The molecule has 7 heteroatoms. The number of rotatable bonds is 5. The molecular formula is C21H21ClN4O2. The zero-order chi connectivity index (χ0) is 20.3. The van der Waals surface area contributed by atoms with Crippen molar-refractivity contribution in [1.82, 2.24) is 9.97 Å². The Labute approximate surface area is 168 Å². The van der Waals surface area contributed by atoms with Crippen molar-refractivity contribution in [3.63, 3.8) is 0 Å². The first kappa shape index (κ1) is 19.6. The van der Waals surface area contributed by atoms with Crippen molar-refractivity contribution >= 4 is 34.7 Å². The van der Waals surface area contributed by atoms with Crippen molar-refractivity contribution in [1.29, 1.82) is 0 Å². The fourth-order valence-corrected chi connectivity index (χ4v) is 3.19. The summed E-state index contributed by atoms with van der Waals surface area (Å²) >= 11 is 6.31. The summed E-state index contributed by atoms with van der Waals surface area (Å²) in [6.07, 6.45) is 2.91. The lowest BCUT2D eigenvalue weighted by Gasteiger charge is -2.12. The summed E-state index contributed by atoms with van der Waals surface area (Å²) in [5.74, 6) is 0.709. The molecule has 2 N–H and O–H groups in total. The third-order valence-electron chi connectivity index (χ3n) is 4.17. The second-order valence-electron chi connectivity index (χ2n) is 6.51. The van der Waals surface area contributed by atoms with Crippen LogP contribution in [-0.4, -0.2) is 23.0 Å². The molecule has 28 heavy (non-hydrogen) atoms. The van der Waals surface area contributed by atoms with Gasteiger partial charge in [-0.05, 0) is 55.7 Å². The largest absolute Gasteiger partial charge is 0.495 e. The monoisotopic (exact) mass is 396 g/mol. The predicted molar refractivity (Wildman–Crippen MR) is 112 cm³/mol. The molecule has 0 aliphatic rings. The van der Waals surface area contributed by atoms with Gasteiger partial charge in [-0.25, -0.2) is 9.97 Å². The van der Waals surface area contributed by atoms with Crippen LogP contribution in [0, 0.1) is 20.8 Å². The second kappa shape index (κ2) is 8.27. The minimum atomic E-state index is -0.368. The molecule has 0 aliphatic heterocycles. The number of halogens is 1. The van der Waals surface area contributed by atoms with E-state index in [0.717, 1.165) is 22.4 Å². The van der Waals surface area contributed by atoms with Crippen molar-refractivity contribution < 1.29 is 9.53 Å². The van der Waals surface area contributed by atoms with Gasteiger partial charge in [-0.1, -0.05) is 23.7 Å².